The van der Waals surface area contributed by atoms with Crippen molar-refractivity contribution in [2.45, 2.75) is 4.90 Å². The van der Waals surface area contributed by atoms with E-state index >= 15 is 0 Å². The first kappa shape index (κ1) is 10.8. The van der Waals surface area contributed by atoms with Gasteiger partial charge in [-0.2, -0.15) is 0 Å². The Hall–Kier alpha value is -1.75. The van der Waals surface area contributed by atoms with E-state index in [2.05, 4.69) is 4.98 Å². The molecule has 0 radical (unpaired) electrons. The Bertz CT molecular complexity index is 618. The minimum absolute atomic E-state index is 0.232. The Balaban J connectivity index is 2.74. The highest BCUT2D eigenvalue weighted by Gasteiger charge is 2.09. The molecule has 0 aliphatic carbocycles. The van der Waals surface area contributed by atoms with Gasteiger partial charge in [-0.15, -0.1) is 11.8 Å². The molecular weight excluding hydrogens is 226 g/mol. The highest BCUT2D eigenvalue weighted by molar-refractivity contribution is 7.98. The van der Waals surface area contributed by atoms with Gasteiger partial charge in [-0.05, 0) is 29.8 Å². The van der Waals surface area contributed by atoms with Crippen molar-refractivity contribution >= 4 is 28.6 Å². The molecular formula is C11H9NO3S. The Morgan fingerprint density at radius 3 is 2.75 bits per heavy atom. The maximum Gasteiger partial charge on any atom is 0.341 e. The van der Waals surface area contributed by atoms with Gasteiger partial charge in [-0.25, -0.2) is 4.79 Å². The van der Waals surface area contributed by atoms with E-state index in [4.69, 9.17) is 5.11 Å². The molecule has 0 aliphatic rings. The molecule has 1 heterocycles. The molecule has 0 atom stereocenters. The number of nitrogens with one attached hydrogen (secondary N) is 1. The fraction of sp³-hybridized carbons (Fsp3) is 0.0909. The van der Waals surface area contributed by atoms with Crippen LogP contribution in [0.25, 0.3) is 10.9 Å². The van der Waals surface area contributed by atoms with Crippen LogP contribution in [-0.4, -0.2) is 22.3 Å². The number of H-pyrrole nitrogens is 1. The molecule has 1 aromatic carbocycles. The summed E-state index contributed by atoms with van der Waals surface area (Å²) in [5, 5.41) is 9.52. The number of aromatic nitrogens is 1. The quantitative estimate of drug-likeness (QED) is 0.780. The molecule has 2 rings (SSSR count). The fourth-order valence-electron chi connectivity index (χ4n) is 1.47. The molecule has 0 unspecified atom stereocenters. The number of benzene rings is 1. The highest BCUT2D eigenvalue weighted by Crippen LogP contribution is 2.20. The van der Waals surface area contributed by atoms with Crippen LogP contribution in [0.3, 0.4) is 0 Å². The molecule has 82 valence electrons. The third-order valence-corrected chi connectivity index (χ3v) is 3.01. The third-order valence-electron chi connectivity index (χ3n) is 2.28. The van der Waals surface area contributed by atoms with Gasteiger partial charge in [-0.3, -0.25) is 4.79 Å². The Labute approximate surface area is 95.3 Å². The van der Waals surface area contributed by atoms with Crippen LogP contribution in [0.5, 0.6) is 0 Å². The number of carboxylic acid groups (broad SMARTS) is 1. The van der Waals surface area contributed by atoms with E-state index in [0.29, 0.717) is 5.52 Å². The second kappa shape index (κ2) is 4.02. The maximum atomic E-state index is 11.4. The summed E-state index contributed by atoms with van der Waals surface area (Å²) < 4.78 is 0. The Morgan fingerprint density at radius 2 is 2.12 bits per heavy atom. The molecule has 0 fully saturated rings. The average molecular weight is 235 g/mol. The molecule has 1 aromatic heterocycles. The van der Waals surface area contributed by atoms with Crippen LogP contribution in [0.4, 0.5) is 0 Å². The second-order valence-electron chi connectivity index (χ2n) is 3.27. The lowest BCUT2D eigenvalue weighted by molar-refractivity contribution is 0.0695. The van der Waals surface area contributed by atoms with Crippen molar-refractivity contribution in [3.05, 3.63) is 40.2 Å². The third kappa shape index (κ3) is 1.81. The smallest absolute Gasteiger partial charge is 0.341 e. The van der Waals surface area contributed by atoms with Crippen molar-refractivity contribution in [1.82, 2.24) is 4.98 Å². The SMILES string of the molecule is CSc1ccc2cc(C(=O)O)c(=O)[nH]c2c1. The molecule has 0 aliphatic heterocycles. The summed E-state index contributed by atoms with van der Waals surface area (Å²) in [5.74, 6) is -1.21. The average Bonchev–Trinajstić information content (AvgIpc) is 2.27. The van der Waals surface area contributed by atoms with E-state index in [1.165, 1.54) is 6.07 Å². The van der Waals surface area contributed by atoms with Gasteiger partial charge in [0.2, 0.25) is 0 Å². The lowest BCUT2D eigenvalue weighted by Gasteiger charge is -2.01. The van der Waals surface area contributed by atoms with Crippen LogP contribution in [0, 0.1) is 0 Å². The first-order valence-electron chi connectivity index (χ1n) is 4.56. The van der Waals surface area contributed by atoms with Crippen LogP contribution < -0.4 is 5.56 Å². The van der Waals surface area contributed by atoms with E-state index in [1.807, 2.05) is 18.4 Å². The largest absolute Gasteiger partial charge is 0.477 e. The molecule has 0 saturated heterocycles. The van der Waals surface area contributed by atoms with Crippen LogP contribution in [0.2, 0.25) is 0 Å². The number of hydrogen-bond acceptors (Lipinski definition) is 3. The van der Waals surface area contributed by atoms with Gasteiger partial charge in [0, 0.05) is 10.4 Å². The van der Waals surface area contributed by atoms with E-state index in [-0.39, 0.29) is 5.56 Å². The minimum atomic E-state index is -1.21. The summed E-state index contributed by atoms with van der Waals surface area (Å²) in [6.45, 7) is 0. The highest BCUT2D eigenvalue weighted by atomic mass is 32.2. The Kier molecular flexibility index (Phi) is 2.70. The van der Waals surface area contributed by atoms with Crippen LogP contribution in [0.15, 0.2) is 34.0 Å². The predicted molar refractivity (Wildman–Crippen MR) is 63.3 cm³/mol. The van der Waals surface area contributed by atoms with Gasteiger partial charge < -0.3 is 10.1 Å². The van der Waals surface area contributed by atoms with E-state index in [1.54, 1.807) is 17.8 Å². The van der Waals surface area contributed by atoms with E-state index < -0.39 is 11.5 Å². The van der Waals surface area contributed by atoms with E-state index in [9.17, 15) is 9.59 Å². The number of carbonyl (C=O) groups is 1. The zero-order chi connectivity index (χ0) is 11.7. The molecule has 4 nitrogen and oxygen atoms in total. The lowest BCUT2D eigenvalue weighted by Crippen LogP contribution is -2.16. The first-order chi connectivity index (χ1) is 7.61. The number of carboxylic acids is 1. The van der Waals surface area contributed by atoms with Crippen molar-refractivity contribution in [3.63, 3.8) is 0 Å². The van der Waals surface area contributed by atoms with Gasteiger partial charge in [0.15, 0.2) is 0 Å². The monoisotopic (exact) mass is 235 g/mol. The number of hydrogen-bond donors (Lipinski definition) is 2. The van der Waals surface area contributed by atoms with E-state index in [0.717, 1.165) is 10.3 Å². The van der Waals surface area contributed by atoms with Crippen LogP contribution in [-0.2, 0) is 0 Å². The summed E-state index contributed by atoms with van der Waals surface area (Å²) in [5.41, 5.74) is -0.149. The number of thioether (sulfide) groups is 1. The van der Waals surface area contributed by atoms with Crippen molar-refractivity contribution in [2.75, 3.05) is 6.26 Å². The maximum absolute atomic E-state index is 11.4. The number of aromatic carboxylic acids is 1. The van der Waals surface area contributed by atoms with Gasteiger partial charge in [0.25, 0.3) is 5.56 Å². The fourth-order valence-corrected chi connectivity index (χ4v) is 1.91. The predicted octanol–water partition coefficient (Wildman–Crippen LogP) is 1.95. The van der Waals surface area contributed by atoms with Gasteiger partial charge in [-0.1, -0.05) is 6.07 Å². The second-order valence-corrected chi connectivity index (χ2v) is 4.15. The number of aromatic amines is 1. The van der Waals surface area contributed by atoms with Gasteiger partial charge in [0.1, 0.15) is 5.56 Å². The molecule has 2 aromatic rings. The standard InChI is InChI=1S/C11H9NO3S/c1-16-7-3-2-6-4-8(11(14)15)10(13)12-9(6)5-7/h2-5H,1H3,(H,12,13)(H,14,15). The molecule has 0 bridgehead atoms. The normalized spacial score (nSPS) is 10.6. The van der Waals surface area contributed by atoms with Gasteiger partial charge >= 0.3 is 5.97 Å². The summed E-state index contributed by atoms with van der Waals surface area (Å²) in [6.07, 6.45) is 1.94. The molecule has 2 N–H and O–H groups in total. The molecule has 16 heavy (non-hydrogen) atoms. The molecule has 0 saturated carbocycles. The van der Waals surface area contributed by atoms with Crippen molar-refractivity contribution in [3.8, 4) is 0 Å². The Morgan fingerprint density at radius 1 is 1.38 bits per heavy atom. The van der Waals surface area contributed by atoms with Crippen molar-refractivity contribution in [1.29, 1.82) is 0 Å². The molecule has 0 spiro atoms. The van der Waals surface area contributed by atoms with Gasteiger partial charge in [0.05, 0.1) is 0 Å². The van der Waals surface area contributed by atoms with Crippen LogP contribution >= 0.6 is 11.8 Å². The lowest BCUT2D eigenvalue weighted by atomic mass is 10.1. The van der Waals surface area contributed by atoms with Crippen LogP contribution in [0.1, 0.15) is 10.4 Å². The summed E-state index contributed by atoms with van der Waals surface area (Å²) >= 11 is 1.56. The van der Waals surface area contributed by atoms with Crippen molar-refractivity contribution in [2.24, 2.45) is 0 Å². The summed E-state index contributed by atoms with van der Waals surface area (Å²) in [7, 11) is 0. The summed E-state index contributed by atoms with van der Waals surface area (Å²) in [6, 6.07) is 6.90. The first-order valence-corrected chi connectivity index (χ1v) is 5.78. The molecule has 5 heteroatoms. The summed E-state index contributed by atoms with van der Waals surface area (Å²) in [4.78, 5) is 25.8. The zero-order valence-corrected chi connectivity index (χ0v) is 9.30. The number of fused-ring (bicyclic) bond motifs is 1. The number of pyridine rings is 1. The topological polar surface area (TPSA) is 70.2 Å². The minimum Gasteiger partial charge on any atom is -0.477 e. The van der Waals surface area contributed by atoms with Crippen molar-refractivity contribution < 1.29 is 9.90 Å². The number of rotatable bonds is 2. The zero-order valence-electron chi connectivity index (χ0n) is 8.48. The molecule has 0 amide bonds.